The number of nitrogens with two attached hydrogens (primary N) is 1. The van der Waals surface area contributed by atoms with Crippen molar-refractivity contribution in [2.75, 3.05) is 44.2 Å². The van der Waals surface area contributed by atoms with Crippen LogP contribution in [0.5, 0.6) is 0 Å². The maximum atomic E-state index is 9.76. The normalized spacial score (nSPS) is 21.0. The highest BCUT2D eigenvalue weighted by molar-refractivity contribution is 5.78. The van der Waals surface area contributed by atoms with Gasteiger partial charge in [-0.05, 0) is 23.6 Å². The molecule has 8 nitrogen and oxygen atoms in total. The van der Waals surface area contributed by atoms with E-state index in [9.17, 15) is 5.11 Å². The number of aliphatic hydroxyl groups excluding tert-OH is 1. The number of likely N-dealkylation sites (tertiary alicyclic amines) is 1. The summed E-state index contributed by atoms with van der Waals surface area (Å²) in [5, 5.41) is 9.76. The lowest BCUT2D eigenvalue weighted by Crippen LogP contribution is -2.51. The zero-order chi connectivity index (χ0) is 20.1. The highest BCUT2D eigenvalue weighted by Crippen LogP contribution is 2.17. The van der Waals surface area contributed by atoms with Crippen LogP contribution in [0.3, 0.4) is 0 Å². The number of piperazine rings is 1. The van der Waals surface area contributed by atoms with Crippen molar-refractivity contribution in [3.63, 3.8) is 0 Å². The summed E-state index contributed by atoms with van der Waals surface area (Å²) in [6.45, 7) is 6.37. The van der Waals surface area contributed by atoms with Gasteiger partial charge in [-0.25, -0.2) is 15.0 Å². The lowest BCUT2D eigenvalue weighted by molar-refractivity contribution is 0.174. The molecule has 2 aliphatic rings. The molecule has 0 bridgehead atoms. The van der Waals surface area contributed by atoms with Crippen molar-refractivity contribution in [3.8, 4) is 0 Å². The predicted molar refractivity (Wildman–Crippen MR) is 113 cm³/mol. The second-order valence-electron chi connectivity index (χ2n) is 7.64. The molecule has 0 saturated carbocycles. The Bertz CT molecular complexity index is 821. The molecule has 2 aliphatic heterocycles. The van der Waals surface area contributed by atoms with Gasteiger partial charge in [0.05, 0.1) is 12.6 Å². The average Bonchev–Trinajstić information content (AvgIpc) is 3.18. The highest BCUT2D eigenvalue weighted by Gasteiger charge is 2.21. The summed E-state index contributed by atoms with van der Waals surface area (Å²) in [7, 11) is 0. The fourth-order valence-corrected chi connectivity index (χ4v) is 3.92. The summed E-state index contributed by atoms with van der Waals surface area (Å²) in [4.78, 5) is 19.9. The number of aliphatic hydroxyl groups is 1. The molecule has 0 aliphatic carbocycles. The van der Waals surface area contributed by atoms with E-state index >= 15 is 0 Å². The predicted octanol–water partition coefficient (Wildman–Crippen LogP) is 0.680. The topological polar surface area (TPSA) is 94.1 Å². The van der Waals surface area contributed by atoms with Gasteiger partial charge in [-0.2, -0.15) is 0 Å². The van der Waals surface area contributed by atoms with Crippen molar-refractivity contribution in [3.05, 3.63) is 53.9 Å². The number of hydrogen-bond donors (Lipinski definition) is 2. The molecule has 2 saturated heterocycles. The van der Waals surface area contributed by atoms with Crippen molar-refractivity contribution >= 4 is 11.9 Å². The number of nitrogens with zero attached hydrogens (tertiary/aromatic N) is 6. The molecule has 154 valence electrons. The standard InChI is InChI=1S/C21H29N7O/c22-20(27-10-12-28(13-11-27)21-23-7-3-8-24-21)25-14-17-4-1-2-5-18(17)15-26-9-6-19(29)16-26/h1-5,7-8,19,29H,6,9-16H2,(H2,22,25). The van der Waals surface area contributed by atoms with Crippen LogP contribution in [0.1, 0.15) is 17.5 Å². The Morgan fingerprint density at radius 2 is 1.76 bits per heavy atom. The Kier molecular flexibility index (Phi) is 6.21. The van der Waals surface area contributed by atoms with Crippen molar-refractivity contribution in [1.82, 2.24) is 19.8 Å². The van der Waals surface area contributed by atoms with Gasteiger partial charge < -0.3 is 20.6 Å². The largest absolute Gasteiger partial charge is 0.392 e. The Morgan fingerprint density at radius 1 is 1.03 bits per heavy atom. The minimum Gasteiger partial charge on any atom is -0.392 e. The third-order valence-corrected chi connectivity index (χ3v) is 5.61. The van der Waals surface area contributed by atoms with Crippen LogP contribution < -0.4 is 10.6 Å². The minimum atomic E-state index is -0.198. The zero-order valence-corrected chi connectivity index (χ0v) is 16.7. The van der Waals surface area contributed by atoms with Gasteiger partial charge in [0.15, 0.2) is 5.96 Å². The molecule has 3 heterocycles. The maximum absolute atomic E-state index is 9.76. The molecule has 29 heavy (non-hydrogen) atoms. The van der Waals surface area contributed by atoms with Crippen molar-refractivity contribution in [2.24, 2.45) is 10.7 Å². The molecule has 8 heteroatoms. The summed E-state index contributed by atoms with van der Waals surface area (Å²) in [6, 6.07) is 10.2. The molecule has 2 aromatic rings. The number of benzene rings is 1. The molecule has 1 atom stereocenters. The van der Waals surface area contributed by atoms with Crippen LogP contribution in [0.15, 0.2) is 47.7 Å². The van der Waals surface area contributed by atoms with Crippen LogP contribution in [0.25, 0.3) is 0 Å². The summed E-state index contributed by atoms with van der Waals surface area (Å²) in [6.07, 6.45) is 4.19. The Balaban J connectivity index is 1.33. The number of aliphatic imine (C=N–C) groups is 1. The van der Waals surface area contributed by atoms with Gasteiger partial charge in [0.25, 0.3) is 0 Å². The monoisotopic (exact) mass is 395 g/mol. The summed E-state index contributed by atoms with van der Waals surface area (Å²) < 4.78 is 0. The molecule has 4 rings (SSSR count). The second-order valence-corrected chi connectivity index (χ2v) is 7.64. The fourth-order valence-electron chi connectivity index (χ4n) is 3.92. The van der Waals surface area contributed by atoms with Gasteiger partial charge in [-0.3, -0.25) is 4.90 Å². The van der Waals surface area contributed by atoms with Crippen molar-refractivity contribution in [2.45, 2.75) is 25.6 Å². The van der Waals surface area contributed by atoms with E-state index in [1.54, 1.807) is 12.4 Å². The van der Waals surface area contributed by atoms with E-state index in [0.717, 1.165) is 58.2 Å². The molecule has 0 amide bonds. The Labute approximate surface area is 171 Å². The van der Waals surface area contributed by atoms with Crippen LogP contribution in [-0.4, -0.2) is 76.2 Å². The molecule has 2 fully saturated rings. The Hall–Kier alpha value is -2.71. The quantitative estimate of drug-likeness (QED) is 0.568. The van der Waals surface area contributed by atoms with E-state index in [-0.39, 0.29) is 6.10 Å². The lowest BCUT2D eigenvalue weighted by atomic mass is 10.1. The van der Waals surface area contributed by atoms with Crippen LogP contribution >= 0.6 is 0 Å². The molecule has 3 N–H and O–H groups in total. The third kappa shape index (κ3) is 5.02. The first-order chi connectivity index (χ1) is 14.2. The van der Waals surface area contributed by atoms with E-state index in [1.807, 2.05) is 12.1 Å². The Morgan fingerprint density at radius 3 is 2.45 bits per heavy atom. The molecule has 1 unspecified atom stereocenters. The van der Waals surface area contributed by atoms with E-state index in [2.05, 4.69) is 47.9 Å². The second kappa shape index (κ2) is 9.19. The molecule has 1 aromatic carbocycles. The van der Waals surface area contributed by atoms with Gasteiger partial charge in [0.2, 0.25) is 5.95 Å². The number of rotatable bonds is 5. The zero-order valence-electron chi connectivity index (χ0n) is 16.7. The summed E-state index contributed by atoms with van der Waals surface area (Å²) in [5.74, 6) is 1.36. The highest BCUT2D eigenvalue weighted by atomic mass is 16.3. The summed E-state index contributed by atoms with van der Waals surface area (Å²) >= 11 is 0. The van der Waals surface area contributed by atoms with Gasteiger partial charge in [-0.1, -0.05) is 24.3 Å². The van der Waals surface area contributed by atoms with Crippen LogP contribution in [-0.2, 0) is 13.1 Å². The van der Waals surface area contributed by atoms with E-state index in [0.29, 0.717) is 12.5 Å². The number of hydrogen-bond acceptors (Lipinski definition) is 6. The third-order valence-electron chi connectivity index (χ3n) is 5.61. The summed E-state index contributed by atoms with van der Waals surface area (Å²) in [5.41, 5.74) is 8.74. The molecular formula is C21H29N7O. The lowest BCUT2D eigenvalue weighted by Gasteiger charge is -2.35. The van der Waals surface area contributed by atoms with Crippen LogP contribution in [0, 0.1) is 0 Å². The van der Waals surface area contributed by atoms with Crippen molar-refractivity contribution in [1.29, 1.82) is 0 Å². The maximum Gasteiger partial charge on any atom is 0.225 e. The van der Waals surface area contributed by atoms with Crippen molar-refractivity contribution < 1.29 is 5.11 Å². The smallest absolute Gasteiger partial charge is 0.225 e. The van der Waals surface area contributed by atoms with Gasteiger partial charge in [0, 0.05) is 58.2 Å². The number of guanidine groups is 1. The van der Waals surface area contributed by atoms with Crippen LogP contribution in [0.4, 0.5) is 5.95 Å². The number of β-amino-alcohol motifs (C(OH)–C–C–N with tert-alkyl or cyclic N) is 1. The SMILES string of the molecule is NC(=NCc1ccccc1CN1CCC(O)C1)N1CCN(c2ncccn2)CC1. The van der Waals surface area contributed by atoms with Gasteiger partial charge in [-0.15, -0.1) is 0 Å². The minimum absolute atomic E-state index is 0.198. The van der Waals surface area contributed by atoms with E-state index in [1.165, 1.54) is 11.1 Å². The fraction of sp³-hybridized carbons (Fsp3) is 0.476. The first-order valence-electron chi connectivity index (χ1n) is 10.2. The number of aromatic nitrogens is 2. The van der Waals surface area contributed by atoms with Gasteiger partial charge in [0.1, 0.15) is 0 Å². The van der Waals surface area contributed by atoms with Gasteiger partial charge >= 0.3 is 0 Å². The van der Waals surface area contributed by atoms with Crippen LogP contribution in [0.2, 0.25) is 0 Å². The molecule has 0 radical (unpaired) electrons. The average molecular weight is 396 g/mol. The molecule has 1 aromatic heterocycles. The first-order valence-corrected chi connectivity index (χ1v) is 10.2. The first kappa shape index (κ1) is 19.6. The number of anilines is 1. The molecular weight excluding hydrogens is 366 g/mol. The molecule has 0 spiro atoms. The van der Waals surface area contributed by atoms with E-state index in [4.69, 9.17) is 5.73 Å². The van der Waals surface area contributed by atoms with E-state index < -0.39 is 0 Å².